The molecule has 1 aromatic rings. The Balaban J connectivity index is 2.49. The van der Waals surface area contributed by atoms with E-state index in [4.69, 9.17) is 4.74 Å². The monoisotopic (exact) mass is 216 g/mol. The first-order valence-electron chi connectivity index (χ1n) is 5.13. The summed E-state index contributed by atoms with van der Waals surface area (Å²) in [7, 11) is 0. The first-order valence-corrected chi connectivity index (χ1v) is 5.13. The van der Waals surface area contributed by atoms with Crippen LogP contribution in [0.2, 0.25) is 0 Å². The Labute approximate surface area is 87.0 Å². The van der Waals surface area contributed by atoms with Crippen molar-refractivity contribution in [2.24, 2.45) is 0 Å². The number of fused-ring (bicyclic) bond motifs is 1. The molecule has 0 atom stereocenters. The van der Waals surface area contributed by atoms with Crippen LogP contribution in [0.25, 0.3) is 0 Å². The molecule has 5 heteroatoms. The molecule has 0 bridgehead atoms. The first kappa shape index (κ1) is 10.4. The topological polar surface area (TPSA) is 27.1 Å². The number of nitrogens with zero attached hydrogens (tertiary/aromatic N) is 2. The minimum absolute atomic E-state index is 0.153. The predicted octanol–water partition coefficient (Wildman–Crippen LogP) is 2.73. The number of hydrogen-bond donors (Lipinski definition) is 0. The van der Waals surface area contributed by atoms with Crippen molar-refractivity contribution in [3.8, 4) is 5.88 Å². The highest BCUT2D eigenvalue weighted by molar-refractivity contribution is 5.35. The Morgan fingerprint density at radius 1 is 1.40 bits per heavy atom. The van der Waals surface area contributed by atoms with Crippen molar-refractivity contribution in [1.82, 2.24) is 9.78 Å². The fraction of sp³-hybridized carbons (Fsp3) is 0.700. The van der Waals surface area contributed by atoms with Crippen molar-refractivity contribution in [3.63, 3.8) is 0 Å². The van der Waals surface area contributed by atoms with Gasteiger partial charge in [-0.15, -0.1) is 0 Å². The fourth-order valence-corrected chi connectivity index (χ4v) is 1.87. The van der Waals surface area contributed by atoms with Gasteiger partial charge in [0.25, 0.3) is 0 Å². The largest absolute Gasteiger partial charge is 0.477 e. The number of halogens is 2. The van der Waals surface area contributed by atoms with Crippen molar-refractivity contribution >= 4 is 0 Å². The van der Waals surface area contributed by atoms with Gasteiger partial charge in [-0.3, -0.25) is 0 Å². The smallest absolute Gasteiger partial charge is 0.336 e. The average Bonchev–Trinajstić information content (AvgIpc) is 2.56. The summed E-state index contributed by atoms with van der Waals surface area (Å²) < 4.78 is 31.3. The number of aromatic nitrogens is 2. The molecule has 2 rings (SSSR count). The summed E-state index contributed by atoms with van der Waals surface area (Å²) in [5, 5.41) is 3.93. The van der Waals surface area contributed by atoms with Crippen LogP contribution >= 0.6 is 0 Å². The van der Waals surface area contributed by atoms with Gasteiger partial charge in [0.1, 0.15) is 0 Å². The molecule has 0 aliphatic carbocycles. The molecule has 15 heavy (non-hydrogen) atoms. The lowest BCUT2D eigenvalue weighted by Crippen LogP contribution is -2.12. The van der Waals surface area contributed by atoms with Crippen LogP contribution in [0, 0.1) is 0 Å². The van der Waals surface area contributed by atoms with Crippen LogP contribution in [-0.2, 0) is 6.42 Å². The number of ether oxygens (including phenoxy) is 1. The molecule has 0 amide bonds. The number of rotatable bonds is 2. The molecule has 1 aliphatic heterocycles. The van der Waals surface area contributed by atoms with Crippen LogP contribution < -0.4 is 4.74 Å². The lowest BCUT2D eigenvalue weighted by atomic mass is 10.0. The molecule has 3 nitrogen and oxygen atoms in total. The molecule has 0 saturated carbocycles. The Kier molecular flexibility index (Phi) is 2.63. The van der Waals surface area contributed by atoms with Crippen molar-refractivity contribution in [2.75, 3.05) is 6.61 Å². The first-order chi connectivity index (χ1) is 7.11. The lowest BCUT2D eigenvalue weighted by Gasteiger charge is -2.15. The summed E-state index contributed by atoms with van der Waals surface area (Å²) in [5.74, 6) is 0.417. The molecular weight excluding hydrogens is 202 g/mol. The summed E-state index contributed by atoms with van der Waals surface area (Å²) in [5.41, 5.74) is 1.60. The molecule has 0 radical (unpaired) electrons. The van der Waals surface area contributed by atoms with E-state index in [-0.39, 0.29) is 11.8 Å². The van der Waals surface area contributed by atoms with Crippen molar-refractivity contribution in [3.05, 3.63) is 11.3 Å². The van der Waals surface area contributed by atoms with Gasteiger partial charge in [0.05, 0.1) is 12.3 Å². The van der Waals surface area contributed by atoms with Crippen LogP contribution in [0.1, 0.15) is 44.0 Å². The minimum atomic E-state index is -2.62. The third-order valence-corrected chi connectivity index (χ3v) is 2.53. The summed E-state index contributed by atoms with van der Waals surface area (Å²) in [6.45, 7) is 1.78. The standard InChI is InChI=1S/C10H14F2N2O/c1-6(2)8-7-4-3-5-15-9(7)14(13-8)10(11)12/h6,10H,3-5H2,1-2H3. The highest BCUT2D eigenvalue weighted by atomic mass is 19.3. The second-order valence-electron chi connectivity index (χ2n) is 4.00. The maximum atomic E-state index is 12.7. The van der Waals surface area contributed by atoms with Gasteiger partial charge in [-0.25, -0.2) is 0 Å². The van der Waals surface area contributed by atoms with Gasteiger partial charge in [0, 0.05) is 5.56 Å². The van der Waals surface area contributed by atoms with E-state index >= 15 is 0 Å². The van der Waals surface area contributed by atoms with E-state index in [0.29, 0.717) is 11.3 Å². The molecule has 0 unspecified atom stereocenters. The molecule has 0 aromatic carbocycles. The number of alkyl halides is 2. The Morgan fingerprint density at radius 2 is 2.13 bits per heavy atom. The fourth-order valence-electron chi connectivity index (χ4n) is 1.87. The van der Waals surface area contributed by atoms with E-state index in [0.717, 1.165) is 24.1 Å². The highest BCUT2D eigenvalue weighted by Crippen LogP contribution is 2.34. The predicted molar refractivity (Wildman–Crippen MR) is 51.4 cm³/mol. The second-order valence-corrected chi connectivity index (χ2v) is 4.00. The SMILES string of the molecule is CC(C)c1nn(C(F)F)c2c1CCCO2. The molecule has 0 fully saturated rings. The van der Waals surface area contributed by atoms with E-state index in [1.807, 2.05) is 13.8 Å². The Hall–Kier alpha value is -1.13. The second kappa shape index (κ2) is 3.79. The zero-order chi connectivity index (χ0) is 11.0. The molecule has 84 valence electrons. The maximum absolute atomic E-state index is 12.7. The molecule has 0 N–H and O–H groups in total. The van der Waals surface area contributed by atoms with E-state index in [1.165, 1.54) is 0 Å². The van der Waals surface area contributed by atoms with Crippen LogP contribution in [0.5, 0.6) is 5.88 Å². The van der Waals surface area contributed by atoms with Gasteiger partial charge < -0.3 is 4.74 Å². The quantitative estimate of drug-likeness (QED) is 0.760. The van der Waals surface area contributed by atoms with E-state index < -0.39 is 6.55 Å². The summed E-state index contributed by atoms with van der Waals surface area (Å²) in [6.07, 6.45) is 1.66. The average molecular weight is 216 g/mol. The van der Waals surface area contributed by atoms with Gasteiger partial charge in [-0.2, -0.15) is 18.6 Å². The van der Waals surface area contributed by atoms with E-state index in [2.05, 4.69) is 5.10 Å². The summed E-state index contributed by atoms with van der Waals surface area (Å²) >= 11 is 0. The van der Waals surface area contributed by atoms with Crippen molar-refractivity contribution < 1.29 is 13.5 Å². The van der Waals surface area contributed by atoms with E-state index in [9.17, 15) is 8.78 Å². The lowest BCUT2D eigenvalue weighted by molar-refractivity contribution is 0.0437. The van der Waals surface area contributed by atoms with Crippen molar-refractivity contribution in [1.29, 1.82) is 0 Å². The van der Waals surface area contributed by atoms with Crippen LogP contribution in [-0.4, -0.2) is 16.4 Å². The molecule has 1 aliphatic rings. The van der Waals surface area contributed by atoms with Gasteiger partial charge in [0.15, 0.2) is 0 Å². The molecule has 0 saturated heterocycles. The van der Waals surface area contributed by atoms with Crippen molar-refractivity contribution in [2.45, 2.75) is 39.2 Å². The zero-order valence-electron chi connectivity index (χ0n) is 8.83. The normalized spacial score (nSPS) is 15.6. The molecule has 1 aromatic heterocycles. The van der Waals surface area contributed by atoms with Gasteiger partial charge in [-0.05, 0) is 18.8 Å². The molecular formula is C10H14F2N2O. The van der Waals surface area contributed by atoms with Crippen LogP contribution in [0.15, 0.2) is 0 Å². The number of hydrogen-bond acceptors (Lipinski definition) is 2. The summed E-state index contributed by atoms with van der Waals surface area (Å²) in [6, 6.07) is 0. The van der Waals surface area contributed by atoms with Gasteiger partial charge >= 0.3 is 6.55 Å². The minimum Gasteiger partial charge on any atom is -0.477 e. The third-order valence-electron chi connectivity index (χ3n) is 2.53. The maximum Gasteiger partial charge on any atom is 0.336 e. The summed E-state index contributed by atoms with van der Waals surface area (Å²) in [4.78, 5) is 0. The van der Waals surface area contributed by atoms with Gasteiger partial charge in [-0.1, -0.05) is 13.8 Å². The molecule has 0 spiro atoms. The highest BCUT2D eigenvalue weighted by Gasteiger charge is 2.27. The Bertz CT molecular complexity index is 328. The van der Waals surface area contributed by atoms with Crippen LogP contribution in [0.3, 0.4) is 0 Å². The third kappa shape index (κ3) is 1.70. The van der Waals surface area contributed by atoms with E-state index in [1.54, 1.807) is 0 Å². The zero-order valence-corrected chi connectivity index (χ0v) is 8.83. The molecule has 2 heterocycles. The van der Waals surface area contributed by atoms with Crippen LogP contribution in [0.4, 0.5) is 8.78 Å². The Morgan fingerprint density at radius 3 is 2.73 bits per heavy atom. The van der Waals surface area contributed by atoms with Gasteiger partial charge in [0.2, 0.25) is 5.88 Å².